The lowest BCUT2D eigenvalue weighted by atomic mass is 10.1. The Morgan fingerprint density at radius 2 is 1.39 bits per heavy atom. The number of aromatic amines is 2. The van der Waals surface area contributed by atoms with Gasteiger partial charge in [-0.3, -0.25) is 10.2 Å². The van der Waals surface area contributed by atoms with Gasteiger partial charge in [0.05, 0.1) is 16.8 Å². The van der Waals surface area contributed by atoms with Crippen LogP contribution >= 0.6 is 0 Å². The van der Waals surface area contributed by atoms with Crippen LogP contribution in [0.1, 0.15) is 11.1 Å². The number of fused-ring (bicyclic) bond motifs is 3. The molecule has 0 saturated carbocycles. The minimum atomic E-state index is -4.94. The van der Waals surface area contributed by atoms with Gasteiger partial charge in [0.1, 0.15) is 11.6 Å². The molecular formula is C18H10F7N3. The predicted molar refractivity (Wildman–Crippen MR) is 89.0 cm³/mol. The van der Waals surface area contributed by atoms with Crippen LogP contribution in [-0.2, 0) is 12.4 Å². The maximum atomic E-state index is 13.4. The number of H-pyrrole nitrogens is 2. The lowest BCUT2D eigenvalue weighted by molar-refractivity contribution is -0.143. The first-order valence-corrected chi connectivity index (χ1v) is 7.87. The fourth-order valence-electron chi connectivity index (χ4n) is 3.05. The monoisotopic (exact) mass is 401 g/mol. The van der Waals surface area contributed by atoms with Crippen LogP contribution in [0.5, 0.6) is 0 Å². The second kappa shape index (κ2) is 5.91. The standard InChI is InChI=1S/C18H10F7N3/c19-11-1-2-13-8(3-11)4-14-15(13)27-28-16(14)26-12-6-9(17(20,21)22)5-10(7-12)18(23,24)25/h1-7,26-28H. The number of halogens is 7. The Morgan fingerprint density at radius 1 is 0.750 bits per heavy atom. The van der Waals surface area contributed by atoms with E-state index in [9.17, 15) is 30.7 Å². The van der Waals surface area contributed by atoms with E-state index in [0.717, 1.165) is 0 Å². The maximum Gasteiger partial charge on any atom is 0.416 e. The van der Waals surface area contributed by atoms with Crippen molar-refractivity contribution in [2.75, 3.05) is 5.32 Å². The summed E-state index contributed by atoms with van der Waals surface area (Å²) in [5, 5.41) is 9.20. The average Bonchev–Trinajstić information content (AvgIpc) is 3.12. The van der Waals surface area contributed by atoms with Crippen LogP contribution < -0.4 is 5.32 Å². The largest absolute Gasteiger partial charge is 0.416 e. The number of nitrogens with one attached hydrogen (secondary N) is 3. The van der Waals surface area contributed by atoms with Gasteiger partial charge in [0.15, 0.2) is 0 Å². The molecule has 0 saturated heterocycles. The maximum absolute atomic E-state index is 13.4. The molecule has 28 heavy (non-hydrogen) atoms. The number of rotatable bonds is 2. The Kier molecular flexibility index (Phi) is 3.84. The highest BCUT2D eigenvalue weighted by Crippen LogP contribution is 2.41. The molecule has 1 aliphatic heterocycles. The molecule has 1 aliphatic carbocycles. The molecule has 0 aromatic heterocycles. The van der Waals surface area contributed by atoms with Gasteiger partial charge in [-0.1, -0.05) is 0 Å². The van der Waals surface area contributed by atoms with Gasteiger partial charge in [-0.05, 0) is 47.9 Å². The van der Waals surface area contributed by atoms with Crippen LogP contribution in [0.4, 0.5) is 42.2 Å². The van der Waals surface area contributed by atoms with Gasteiger partial charge in [0.2, 0.25) is 0 Å². The van der Waals surface area contributed by atoms with Crippen molar-refractivity contribution >= 4 is 22.3 Å². The van der Waals surface area contributed by atoms with E-state index in [-0.39, 0.29) is 11.9 Å². The van der Waals surface area contributed by atoms with Gasteiger partial charge in [0.25, 0.3) is 0 Å². The molecule has 0 unspecified atom stereocenters. The highest BCUT2D eigenvalue weighted by atomic mass is 19.4. The van der Waals surface area contributed by atoms with Gasteiger partial charge in [0, 0.05) is 16.6 Å². The Hall–Kier alpha value is -3.17. The minimum Gasteiger partial charge on any atom is -0.340 e. The summed E-state index contributed by atoms with van der Waals surface area (Å²) in [6.07, 6.45) is -9.89. The van der Waals surface area contributed by atoms with Crippen LogP contribution in [0.3, 0.4) is 0 Å². The van der Waals surface area contributed by atoms with Gasteiger partial charge in [-0.25, -0.2) is 4.39 Å². The number of hydrogen-bond acceptors (Lipinski definition) is 1. The number of aromatic nitrogens is 2. The van der Waals surface area contributed by atoms with E-state index in [1.165, 1.54) is 18.2 Å². The number of anilines is 2. The molecular weight excluding hydrogens is 391 g/mol. The second-order valence-corrected chi connectivity index (χ2v) is 6.21. The Labute approximate surface area is 152 Å². The van der Waals surface area contributed by atoms with Gasteiger partial charge in [-0.2, -0.15) is 26.3 Å². The topological polar surface area (TPSA) is 43.6 Å². The summed E-state index contributed by atoms with van der Waals surface area (Å²) in [7, 11) is 0. The zero-order chi connectivity index (χ0) is 20.3. The van der Waals surface area contributed by atoms with E-state index in [0.29, 0.717) is 34.2 Å². The highest BCUT2D eigenvalue weighted by molar-refractivity contribution is 6.04. The van der Waals surface area contributed by atoms with Crippen molar-refractivity contribution in [1.29, 1.82) is 0 Å². The predicted octanol–water partition coefficient (Wildman–Crippen LogP) is 6.52. The highest BCUT2D eigenvalue weighted by Gasteiger charge is 2.37. The SMILES string of the molecule is Fc1ccc2c3[nH][nH]c(Nc4cc(C(F)(F)F)cc(C(F)(F)F)c4)c-3cc2c1. The first kappa shape index (κ1) is 18.2. The summed E-state index contributed by atoms with van der Waals surface area (Å²) >= 11 is 0. The molecule has 10 heteroatoms. The summed E-state index contributed by atoms with van der Waals surface area (Å²) < 4.78 is 91.4. The first-order valence-electron chi connectivity index (χ1n) is 7.87. The first-order chi connectivity index (χ1) is 13.0. The quantitative estimate of drug-likeness (QED) is 0.329. The van der Waals surface area contributed by atoms with E-state index in [4.69, 9.17) is 0 Å². The van der Waals surface area contributed by atoms with E-state index in [1.54, 1.807) is 6.07 Å². The van der Waals surface area contributed by atoms with E-state index < -0.39 is 35.0 Å². The zero-order valence-electron chi connectivity index (χ0n) is 13.7. The van der Waals surface area contributed by atoms with E-state index in [2.05, 4.69) is 15.5 Å². The Balaban J connectivity index is 1.78. The van der Waals surface area contributed by atoms with Crippen molar-refractivity contribution in [3.05, 3.63) is 59.4 Å². The number of benzene rings is 2. The number of hydrogen-bond donors (Lipinski definition) is 3. The van der Waals surface area contributed by atoms with E-state index in [1.807, 2.05) is 0 Å². The molecule has 3 N–H and O–H groups in total. The lowest BCUT2D eigenvalue weighted by Gasteiger charge is -2.15. The van der Waals surface area contributed by atoms with Crippen molar-refractivity contribution in [2.45, 2.75) is 12.4 Å². The molecule has 2 aromatic rings. The van der Waals surface area contributed by atoms with Crippen molar-refractivity contribution in [3.63, 3.8) is 0 Å². The van der Waals surface area contributed by atoms with Crippen LogP contribution in [0, 0.1) is 5.82 Å². The zero-order valence-corrected chi connectivity index (χ0v) is 13.7. The summed E-state index contributed by atoms with van der Waals surface area (Å²) in [6, 6.07) is 6.85. The molecule has 0 spiro atoms. The summed E-state index contributed by atoms with van der Waals surface area (Å²) in [4.78, 5) is 0. The third kappa shape index (κ3) is 3.14. The van der Waals surface area contributed by atoms with E-state index >= 15 is 0 Å². The third-order valence-electron chi connectivity index (χ3n) is 4.29. The molecule has 146 valence electrons. The molecule has 2 aromatic carbocycles. The van der Waals surface area contributed by atoms with Gasteiger partial charge >= 0.3 is 12.4 Å². The molecule has 3 nitrogen and oxygen atoms in total. The Bertz CT molecular complexity index is 1100. The number of alkyl halides is 6. The molecule has 4 rings (SSSR count). The molecule has 0 amide bonds. The Morgan fingerprint density at radius 3 is 2.00 bits per heavy atom. The lowest BCUT2D eigenvalue weighted by Crippen LogP contribution is -2.11. The smallest absolute Gasteiger partial charge is 0.340 e. The average molecular weight is 401 g/mol. The summed E-state index contributed by atoms with van der Waals surface area (Å²) in [5.74, 6) is -0.314. The molecule has 0 atom stereocenters. The van der Waals surface area contributed by atoms with Gasteiger partial charge in [-0.15, -0.1) is 0 Å². The summed E-state index contributed by atoms with van der Waals surface area (Å²) in [6.45, 7) is 0. The third-order valence-corrected chi connectivity index (χ3v) is 4.29. The van der Waals surface area contributed by atoms with Crippen molar-refractivity contribution < 1.29 is 30.7 Å². The summed E-state index contributed by atoms with van der Waals surface area (Å²) in [5.41, 5.74) is -2.24. The molecule has 2 aliphatic rings. The van der Waals surface area contributed by atoms with Crippen molar-refractivity contribution in [2.24, 2.45) is 0 Å². The molecule has 0 bridgehead atoms. The minimum absolute atomic E-state index is 0.0567. The molecule has 0 radical (unpaired) electrons. The fourth-order valence-corrected chi connectivity index (χ4v) is 3.05. The van der Waals surface area contributed by atoms with Crippen LogP contribution in [0.25, 0.3) is 22.0 Å². The molecule has 1 heterocycles. The van der Waals surface area contributed by atoms with Gasteiger partial charge < -0.3 is 5.32 Å². The second-order valence-electron chi connectivity index (χ2n) is 6.21. The van der Waals surface area contributed by atoms with Crippen molar-refractivity contribution in [3.8, 4) is 11.3 Å². The van der Waals surface area contributed by atoms with Crippen LogP contribution in [-0.4, -0.2) is 10.2 Å². The van der Waals surface area contributed by atoms with Crippen LogP contribution in [0.15, 0.2) is 42.5 Å². The van der Waals surface area contributed by atoms with Crippen LogP contribution in [0.2, 0.25) is 0 Å². The normalized spacial score (nSPS) is 12.8. The molecule has 0 fully saturated rings. The van der Waals surface area contributed by atoms with Crippen molar-refractivity contribution in [1.82, 2.24) is 10.2 Å². The fraction of sp³-hybridized carbons (Fsp3) is 0.111.